The summed E-state index contributed by atoms with van der Waals surface area (Å²) >= 11 is 0. The summed E-state index contributed by atoms with van der Waals surface area (Å²) in [7, 11) is 0. The fraction of sp³-hybridized carbons (Fsp3) is 0.200. The first-order valence-electron chi connectivity index (χ1n) is 6.46. The van der Waals surface area contributed by atoms with E-state index in [1.54, 1.807) is 12.4 Å². The average molecular weight is 286 g/mol. The van der Waals surface area contributed by atoms with Gasteiger partial charge in [0.25, 0.3) is 5.69 Å². The maximum Gasteiger partial charge on any atom is 0.280 e. The van der Waals surface area contributed by atoms with Crippen molar-refractivity contribution in [1.82, 2.24) is 4.98 Å². The largest absolute Gasteiger partial charge is 0.494 e. The number of benzene rings is 1. The van der Waals surface area contributed by atoms with Crippen LogP contribution in [0.25, 0.3) is 0 Å². The third kappa shape index (κ3) is 4.10. The molecule has 0 amide bonds. The van der Waals surface area contributed by atoms with E-state index in [2.05, 4.69) is 4.98 Å². The number of pyridine rings is 1. The van der Waals surface area contributed by atoms with E-state index in [4.69, 9.17) is 4.74 Å². The van der Waals surface area contributed by atoms with Crippen LogP contribution < -0.4 is 4.74 Å². The lowest BCUT2D eigenvalue weighted by Gasteiger charge is -2.07. The third-order valence-corrected chi connectivity index (χ3v) is 2.95. The molecule has 2 aromatic rings. The minimum absolute atomic E-state index is 0.0200. The standard InChI is InChI=1S/C15H14N2O4/c18-11-13-10-14(3-4-15(13)17(19)20)21-9-1-2-12-5-7-16-8-6-12/h3-8,10-11H,1-2,9H2. The number of aromatic nitrogens is 1. The van der Waals surface area contributed by atoms with E-state index in [0.29, 0.717) is 18.6 Å². The molecule has 0 aliphatic rings. The van der Waals surface area contributed by atoms with Crippen molar-refractivity contribution >= 4 is 12.0 Å². The molecule has 0 saturated heterocycles. The van der Waals surface area contributed by atoms with Crippen molar-refractivity contribution in [3.05, 3.63) is 64.0 Å². The summed E-state index contributed by atoms with van der Waals surface area (Å²) < 4.78 is 5.51. The molecular weight excluding hydrogens is 272 g/mol. The van der Waals surface area contributed by atoms with Gasteiger partial charge in [0, 0.05) is 18.5 Å². The fourth-order valence-electron chi connectivity index (χ4n) is 1.90. The van der Waals surface area contributed by atoms with Crippen molar-refractivity contribution in [3.8, 4) is 5.75 Å². The predicted molar refractivity (Wildman–Crippen MR) is 76.5 cm³/mol. The molecule has 0 bridgehead atoms. The lowest BCUT2D eigenvalue weighted by molar-refractivity contribution is -0.385. The van der Waals surface area contributed by atoms with E-state index in [0.717, 1.165) is 12.8 Å². The quantitative estimate of drug-likeness (QED) is 0.338. The molecule has 1 heterocycles. The van der Waals surface area contributed by atoms with E-state index in [9.17, 15) is 14.9 Å². The van der Waals surface area contributed by atoms with Crippen LogP contribution in [-0.2, 0) is 6.42 Å². The molecule has 0 spiro atoms. The summed E-state index contributed by atoms with van der Waals surface area (Å²) in [5, 5.41) is 10.7. The van der Waals surface area contributed by atoms with Gasteiger partial charge in [0.2, 0.25) is 0 Å². The van der Waals surface area contributed by atoms with Gasteiger partial charge in [-0.1, -0.05) is 0 Å². The molecule has 0 fully saturated rings. The lowest BCUT2D eigenvalue weighted by Crippen LogP contribution is -2.01. The Bertz CT molecular complexity index is 629. The predicted octanol–water partition coefficient (Wildman–Crippen LogP) is 2.81. The highest BCUT2D eigenvalue weighted by atomic mass is 16.6. The van der Waals surface area contributed by atoms with Crippen LogP contribution in [0, 0.1) is 10.1 Å². The fourth-order valence-corrected chi connectivity index (χ4v) is 1.90. The Morgan fingerprint density at radius 1 is 1.24 bits per heavy atom. The van der Waals surface area contributed by atoms with Crippen LogP contribution >= 0.6 is 0 Å². The normalized spacial score (nSPS) is 10.1. The molecule has 0 atom stereocenters. The maximum absolute atomic E-state index is 10.8. The summed E-state index contributed by atoms with van der Waals surface area (Å²) in [5.74, 6) is 0.456. The zero-order valence-corrected chi connectivity index (χ0v) is 11.3. The minimum Gasteiger partial charge on any atom is -0.494 e. The molecule has 108 valence electrons. The summed E-state index contributed by atoms with van der Waals surface area (Å²) in [6, 6.07) is 8.05. The Morgan fingerprint density at radius 3 is 2.67 bits per heavy atom. The molecule has 2 rings (SSSR count). The first-order chi connectivity index (χ1) is 10.2. The zero-order valence-electron chi connectivity index (χ0n) is 11.3. The molecule has 6 nitrogen and oxygen atoms in total. The molecule has 0 saturated carbocycles. The number of nitro groups is 1. The second-order valence-electron chi connectivity index (χ2n) is 4.40. The number of aldehydes is 1. The van der Waals surface area contributed by atoms with Gasteiger partial charge in [-0.05, 0) is 42.7 Å². The Hall–Kier alpha value is -2.76. The molecular formula is C15H14N2O4. The summed E-state index contributed by atoms with van der Waals surface area (Å²) in [6.07, 6.45) is 5.60. The number of aryl methyl sites for hydroxylation is 1. The van der Waals surface area contributed by atoms with Crippen LogP contribution in [-0.4, -0.2) is 22.8 Å². The monoisotopic (exact) mass is 286 g/mol. The van der Waals surface area contributed by atoms with Gasteiger partial charge in [0.15, 0.2) is 6.29 Å². The number of carbonyl (C=O) groups is 1. The Kier molecular flexibility index (Phi) is 4.98. The number of carbonyl (C=O) groups excluding carboxylic acids is 1. The minimum atomic E-state index is -0.586. The van der Waals surface area contributed by atoms with Crippen LogP contribution in [0.5, 0.6) is 5.75 Å². The molecule has 0 unspecified atom stereocenters. The first-order valence-corrected chi connectivity index (χ1v) is 6.46. The van der Waals surface area contributed by atoms with Gasteiger partial charge in [-0.25, -0.2) is 0 Å². The Morgan fingerprint density at radius 2 is 2.00 bits per heavy atom. The van der Waals surface area contributed by atoms with Crippen LogP contribution in [0.3, 0.4) is 0 Å². The summed E-state index contributed by atoms with van der Waals surface area (Å²) in [5.41, 5.74) is 0.978. The smallest absolute Gasteiger partial charge is 0.280 e. The molecule has 6 heteroatoms. The van der Waals surface area contributed by atoms with Crippen LogP contribution in [0.4, 0.5) is 5.69 Å². The van der Waals surface area contributed by atoms with Crippen molar-refractivity contribution in [3.63, 3.8) is 0 Å². The summed E-state index contributed by atoms with van der Waals surface area (Å²) in [4.78, 5) is 24.9. The second kappa shape index (κ2) is 7.14. The van der Waals surface area contributed by atoms with E-state index in [1.807, 2.05) is 12.1 Å². The molecule has 1 aromatic heterocycles. The third-order valence-electron chi connectivity index (χ3n) is 2.95. The Labute approximate surface area is 121 Å². The van der Waals surface area contributed by atoms with Crippen molar-refractivity contribution in [1.29, 1.82) is 0 Å². The topological polar surface area (TPSA) is 82.3 Å². The van der Waals surface area contributed by atoms with Crippen molar-refractivity contribution in [2.75, 3.05) is 6.61 Å². The molecule has 0 aliphatic heterocycles. The number of hydrogen-bond donors (Lipinski definition) is 0. The van der Waals surface area contributed by atoms with Crippen molar-refractivity contribution in [2.24, 2.45) is 0 Å². The zero-order chi connectivity index (χ0) is 15.1. The molecule has 0 N–H and O–H groups in total. The van der Waals surface area contributed by atoms with Gasteiger partial charge in [-0.3, -0.25) is 19.9 Å². The SMILES string of the molecule is O=Cc1cc(OCCCc2ccncc2)ccc1[N+](=O)[O-]. The van der Waals surface area contributed by atoms with Gasteiger partial charge < -0.3 is 4.74 Å². The van der Waals surface area contributed by atoms with Crippen LogP contribution in [0.2, 0.25) is 0 Å². The molecule has 0 radical (unpaired) electrons. The molecule has 21 heavy (non-hydrogen) atoms. The van der Waals surface area contributed by atoms with Gasteiger partial charge in [0.1, 0.15) is 5.75 Å². The Balaban J connectivity index is 1.89. The van der Waals surface area contributed by atoms with Crippen molar-refractivity contribution < 1.29 is 14.5 Å². The van der Waals surface area contributed by atoms with Crippen LogP contribution in [0.15, 0.2) is 42.7 Å². The van der Waals surface area contributed by atoms with Gasteiger partial charge >= 0.3 is 0 Å². The van der Waals surface area contributed by atoms with E-state index in [-0.39, 0.29) is 11.3 Å². The van der Waals surface area contributed by atoms with E-state index < -0.39 is 4.92 Å². The van der Waals surface area contributed by atoms with Gasteiger partial charge in [-0.2, -0.15) is 0 Å². The number of nitrogens with zero attached hydrogens (tertiary/aromatic N) is 2. The van der Waals surface area contributed by atoms with E-state index in [1.165, 1.54) is 23.8 Å². The first kappa shape index (κ1) is 14.6. The lowest BCUT2D eigenvalue weighted by atomic mass is 10.1. The number of rotatable bonds is 7. The highest BCUT2D eigenvalue weighted by molar-refractivity contribution is 5.82. The van der Waals surface area contributed by atoms with Gasteiger partial charge in [0.05, 0.1) is 17.1 Å². The number of hydrogen-bond acceptors (Lipinski definition) is 5. The number of nitro benzene ring substituents is 1. The summed E-state index contributed by atoms with van der Waals surface area (Å²) in [6.45, 7) is 0.471. The highest BCUT2D eigenvalue weighted by Crippen LogP contribution is 2.22. The van der Waals surface area contributed by atoms with Crippen molar-refractivity contribution in [2.45, 2.75) is 12.8 Å². The van der Waals surface area contributed by atoms with E-state index >= 15 is 0 Å². The number of ether oxygens (including phenoxy) is 1. The van der Waals surface area contributed by atoms with Crippen LogP contribution in [0.1, 0.15) is 22.3 Å². The molecule has 1 aromatic carbocycles. The highest BCUT2D eigenvalue weighted by Gasteiger charge is 2.13. The second-order valence-corrected chi connectivity index (χ2v) is 4.40. The maximum atomic E-state index is 10.8. The average Bonchev–Trinajstić information content (AvgIpc) is 2.52. The molecule has 0 aliphatic carbocycles. The van der Waals surface area contributed by atoms with Gasteiger partial charge in [-0.15, -0.1) is 0 Å².